The summed E-state index contributed by atoms with van der Waals surface area (Å²) in [7, 11) is 0. The van der Waals surface area contributed by atoms with E-state index in [1.165, 1.54) is 0 Å². The van der Waals surface area contributed by atoms with Gasteiger partial charge in [0.25, 0.3) is 0 Å². The molecule has 1 aromatic rings. The summed E-state index contributed by atoms with van der Waals surface area (Å²) >= 11 is 0. The van der Waals surface area contributed by atoms with E-state index in [1.807, 2.05) is 0 Å². The first-order valence-electron chi connectivity index (χ1n) is 3.05. The summed E-state index contributed by atoms with van der Waals surface area (Å²) in [6.07, 6.45) is 6.38. The third kappa shape index (κ3) is 1.59. The molecule has 10 heavy (non-hydrogen) atoms. The highest BCUT2D eigenvalue weighted by molar-refractivity contribution is 4.89. The molecular formula is C7H8N2O. The van der Waals surface area contributed by atoms with Crippen LogP contribution in [0.25, 0.3) is 0 Å². The molecule has 0 amide bonds. The molecule has 3 nitrogen and oxygen atoms in total. The highest BCUT2D eigenvalue weighted by Gasteiger charge is 1.98. The molecule has 0 aliphatic carbocycles. The third-order valence-corrected chi connectivity index (χ3v) is 1.05. The molecule has 0 N–H and O–H groups in total. The van der Waals surface area contributed by atoms with Gasteiger partial charge in [0.15, 0.2) is 0 Å². The Morgan fingerprint density at radius 2 is 2.40 bits per heavy atom. The average Bonchev–Trinajstić information content (AvgIpc) is 2.31. The predicted octanol–water partition coefficient (Wildman–Crippen LogP) is 0.944. The van der Waals surface area contributed by atoms with E-state index >= 15 is 0 Å². The number of nitrogens with zero attached hydrogens (tertiary/aromatic N) is 2. The molecule has 0 saturated heterocycles. The van der Waals surface area contributed by atoms with E-state index in [1.54, 1.807) is 6.92 Å². The smallest absolute Gasteiger partial charge is 0.217 e. The average molecular weight is 136 g/mol. The fourth-order valence-corrected chi connectivity index (χ4v) is 0.618. The van der Waals surface area contributed by atoms with Crippen molar-refractivity contribution in [1.82, 2.24) is 10.2 Å². The minimum absolute atomic E-state index is 0.590. The molecule has 0 aromatic carbocycles. The molecule has 0 aliphatic heterocycles. The zero-order valence-electron chi connectivity index (χ0n) is 5.79. The predicted molar refractivity (Wildman–Crippen MR) is 36.2 cm³/mol. The van der Waals surface area contributed by atoms with Crippen LogP contribution in [0.2, 0.25) is 0 Å². The Hall–Kier alpha value is -1.30. The Labute approximate surface area is 59.5 Å². The molecule has 0 fully saturated rings. The lowest BCUT2D eigenvalue weighted by Crippen LogP contribution is -1.82. The Morgan fingerprint density at radius 1 is 1.60 bits per heavy atom. The minimum Gasteiger partial charge on any atom is -0.426 e. The molecule has 1 aromatic heterocycles. The van der Waals surface area contributed by atoms with Gasteiger partial charge in [0.05, 0.1) is 0 Å². The van der Waals surface area contributed by atoms with Crippen molar-refractivity contribution in [1.29, 1.82) is 0 Å². The van der Waals surface area contributed by atoms with Gasteiger partial charge in [-0.2, -0.15) is 0 Å². The maximum absolute atomic E-state index is 5.07. The Bertz CT molecular complexity index is 246. The van der Waals surface area contributed by atoms with Crippen molar-refractivity contribution < 1.29 is 4.42 Å². The summed E-state index contributed by atoms with van der Waals surface area (Å²) in [4.78, 5) is 0. The Kier molecular flexibility index (Phi) is 2.06. The van der Waals surface area contributed by atoms with Crippen molar-refractivity contribution in [2.45, 2.75) is 19.8 Å². The van der Waals surface area contributed by atoms with E-state index in [9.17, 15) is 0 Å². The molecule has 3 heteroatoms. The summed E-state index contributed by atoms with van der Waals surface area (Å²) in [6.45, 7) is 1.76. The topological polar surface area (TPSA) is 38.9 Å². The van der Waals surface area contributed by atoms with Gasteiger partial charge < -0.3 is 4.42 Å². The lowest BCUT2D eigenvalue weighted by Gasteiger charge is -1.83. The summed E-state index contributed by atoms with van der Waals surface area (Å²) < 4.78 is 5.07. The molecule has 1 rings (SSSR count). The van der Waals surface area contributed by atoms with Gasteiger partial charge in [-0.15, -0.1) is 22.5 Å². The molecule has 0 atom stereocenters. The highest BCUT2D eigenvalue weighted by Crippen LogP contribution is 1.99. The highest BCUT2D eigenvalue weighted by atomic mass is 16.4. The van der Waals surface area contributed by atoms with Gasteiger partial charge in [0.2, 0.25) is 11.8 Å². The second-order valence-electron chi connectivity index (χ2n) is 1.92. The van der Waals surface area contributed by atoms with Crippen molar-refractivity contribution in [2.75, 3.05) is 0 Å². The van der Waals surface area contributed by atoms with E-state index in [4.69, 9.17) is 10.8 Å². The number of hydrogen-bond acceptors (Lipinski definition) is 3. The quantitative estimate of drug-likeness (QED) is 0.568. The number of hydrogen-bond donors (Lipinski definition) is 0. The zero-order valence-corrected chi connectivity index (χ0v) is 5.79. The van der Waals surface area contributed by atoms with Crippen LogP contribution in [0.4, 0.5) is 0 Å². The summed E-state index contributed by atoms with van der Waals surface area (Å²) in [6, 6.07) is 0. The van der Waals surface area contributed by atoms with Crippen LogP contribution >= 0.6 is 0 Å². The SMILES string of the molecule is C#CCCc1nnc(C)o1. The van der Waals surface area contributed by atoms with Crippen molar-refractivity contribution in [3.63, 3.8) is 0 Å². The Balaban J connectivity index is 2.52. The van der Waals surface area contributed by atoms with Gasteiger partial charge in [-0.05, 0) is 0 Å². The largest absolute Gasteiger partial charge is 0.426 e. The van der Waals surface area contributed by atoms with Crippen LogP contribution in [0.15, 0.2) is 4.42 Å². The Morgan fingerprint density at radius 3 is 2.90 bits per heavy atom. The third-order valence-electron chi connectivity index (χ3n) is 1.05. The number of aryl methyl sites for hydroxylation is 2. The first-order chi connectivity index (χ1) is 4.83. The van der Waals surface area contributed by atoms with Crippen LogP contribution in [-0.4, -0.2) is 10.2 Å². The van der Waals surface area contributed by atoms with Crippen molar-refractivity contribution in [3.05, 3.63) is 11.8 Å². The second-order valence-corrected chi connectivity index (χ2v) is 1.92. The first-order valence-corrected chi connectivity index (χ1v) is 3.05. The van der Waals surface area contributed by atoms with Crippen LogP contribution < -0.4 is 0 Å². The van der Waals surface area contributed by atoms with Gasteiger partial charge in [-0.1, -0.05) is 0 Å². The second kappa shape index (κ2) is 3.02. The fraction of sp³-hybridized carbons (Fsp3) is 0.429. The van der Waals surface area contributed by atoms with Crippen LogP contribution in [-0.2, 0) is 6.42 Å². The summed E-state index contributed by atoms with van der Waals surface area (Å²) in [5.41, 5.74) is 0. The lowest BCUT2D eigenvalue weighted by atomic mass is 10.3. The molecule has 0 unspecified atom stereocenters. The molecular weight excluding hydrogens is 128 g/mol. The molecule has 0 spiro atoms. The van der Waals surface area contributed by atoms with Crippen LogP contribution in [0, 0.1) is 19.3 Å². The van der Waals surface area contributed by atoms with Gasteiger partial charge in [0, 0.05) is 19.8 Å². The molecule has 0 radical (unpaired) electrons. The molecule has 52 valence electrons. The first kappa shape index (κ1) is 6.81. The standard InChI is InChI=1S/C7H8N2O/c1-3-4-5-7-9-8-6(2)10-7/h1H,4-5H2,2H3. The fourth-order valence-electron chi connectivity index (χ4n) is 0.618. The summed E-state index contributed by atoms with van der Waals surface area (Å²) in [5.74, 6) is 3.71. The molecule has 0 bridgehead atoms. The van der Waals surface area contributed by atoms with E-state index in [2.05, 4.69) is 16.1 Å². The number of aromatic nitrogens is 2. The van der Waals surface area contributed by atoms with Gasteiger partial charge in [-0.25, -0.2) is 0 Å². The maximum Gasteiger partial charge on any atom is 0.217 e. The molecule has 1 heterocycles. The van der Waals surface area contributed by atoms with Gasteiger partial charge in [-0.3, -0.25) is 0 Å². The van der Waals surface area contributed by atoms with Crippen molar-refractivity contribution >= 4 is 0 Å². The number of rotatable bonds is 2. The van der Waals surface area contributed by atoms with Crippen LogP contribution in [0.3, 0.4) is 0 Å². The van der Waals surface area contributed by atoms with E-state index in [0.717, 1.165) is 0 Å². The van der Waals surface area contributed by atoms with Gasteiger partial charge in [0.1, 0.15) is 0 Å². The van der Waals surface area contributed by atoms with Gasteiger partial charge >= 0.3 is 0 Å². The molecule has 0 aliphatic rings. The normalized spacial score (nSPS) is 9.20. The van der Waals surface area contributed by atoms with Crippen molar-refractivity contribution in [3.8, 4) is 12.3 Å². The zero-order chi connectivity index (χ0) is 7.40. The van der Waals surface area contributed by atoms with E-state index in [-0.39, 0.29) is 0 Å². The lowest BCUT2D eigenvalue weighted by molar-refractivity contribution is 0.469. The van der Waals surface area contributed by atoms with Crippen LogP contribution in [0.5, 0.6) is 0 Å². The monoisotopic (exact) mass is 136 g/mol. The molecule has 0 saturated carbocycles. The minimum atomic E-state index is 0.590. The maximum atomic E-state index is 5.07. The van der Waals surface area contributed by atoms with E-state index < -0.39 is 0 Å². The number of terminal acetylenes is 1. The van der Waals surface area contributed by atoms with E-state index in [0.29, 0.717) is 24.6 Å². The van der Waals surface area contributed by atoms with Crippen LogP contribution in [0.1, 0.15) is 18.2 Å². The van der Waals surface area contributed by atoms with Crippen molar-refractivity contribution in [2.24, 2.45) is 0 Å². The summed E-state index contributed by atoms with van der Waals surface area (Å²) in [5, 5.41) is 7.43.